The molecule has 1 N–H and O–H groups in total. The summed E-state index contributed by atoms with van der Waals surface area (Å²) in [4.78, 5) is 27.5. The summed E-state index contributed by atoms with van der Waals surface area (Å²) in [6.07, 6.45) is 3.61. The molecule has 0 spiro atoms. The number of carbonyl (C=O) groups excluding carboxylic acids is 2. The van der Waals surface area contributed by atoms with E-state index in [2.05, 4.69) is 39.9 Å². The zero-order valence-corrected chi connectivity index (χ0v) is 22.6. The van der Waals surface area contributed by atoms with Crippen molar-refractivity contribution in [2.45, 2.75) is 96.8 Å². The van der Waals surface area contributed by atoms with E-state index in [4.69, 9.17) is 9.31 Å². The highest BCUT2D eigenvalue weighted by atomic mass is 19.1. The number of rotatable bonds is 9. The van der Waals surface area contributed by atoms with Gasteiger partial charge in [-0.1, -0.05) is 27.7 Å². The Labute approximate surface area is 219 Å². The fourth-order valence-electron chi connectivity index (χ4n) is 7.22. The van der Waals surface area contributed by atoms with Crippen LogP contribution in [0.2, 0.25) is 0 Å². The Bertz CT molecular complexity index is 1070. The van der Waals surface area contributed by atoms with Gasteiger partial charge in [0.1, 0.15) is 11.6 Å². The van der Waals surface area contributed by atoms with Crippen molar-refractivity contribution in [2.24, 2.45) is 23.2 Å². The van der Waals surface area contributed by atoms with Crippen LogP contribution in [0.15, 0.2) is 18.2 Å². The average molecular weight is 516 g/mol. The first-order valence-corrected chi connectivity index (χ1v) is 13.8. The molecule has 6 atom stereocenters. The van der Waals surface area contributed by atoms with Gasteiger partial charge in [0.15, 0.2) is 5.78 Å². The second-order valence-electron chi connectivity index (χ2n) is 12.7. The van der Waals surface area contributed by atoms with Crippen molar-refractivity contribution in [1.82, 2.24) is 5.32 Å². The Morgan fingerprint density at radius 2 is 1.95 bits per heavy atom. The van der Waals surface area contributed by atoms with E-state index in [0.717, 1.165) is 12.5 Å². The van der Waals surface area contributed by atoms with Crippen molar-refractivity contribution in [3.8, 4) is 0 Å². The summed E-state index contributed by atoms with van der Waals surface area (Å²) in [6, 6.07) is 2.89. The molecule has 6 nitrogen and oxygen atoms in total. The van der Waals surface area contributed by atoms with Crippen LogP contribution in [0.3, 0.4) is 0 Å². The number of halogens is 2. The third-order valence-corrected chi connectivity index (χ3v) is 9.58. The number of amides is 1. The molecule has 1 amide bonds. The van der Waals surface area contributed by atoms with Crippen LogP contribution in [0, 0.1) is 34.8 Å². The zero-order chi connectivity index (χ0) is 26.7. The first-order chi connectivity index (χ1) is 17.4. The number of ketones is 1. The van der Waals surface area contributed by atoms with Gasteiger partial charge in [0.05, 0.1) is 29.4 Å². The molecule has 3 aliphatic carbocycles. The summed E-state index contributed by atoms with van der Waals surface area (Å²) in [7, 11) is -0.504. The molecule has 2 unspecified atom stereocenters. The number of nitrogens with zero attached hydrogens (tertiary/aromatic N) is 1. The molecule has 5 aliphatic rings. The maximum absolute atomic E-state index is 14.2. The fraction of sp³-hybridized carbons (Fsp3) is 0.714. The first-order valence-electron chi connectivity index (χ1n) is 13.8. The smallest absolute Gasteiger partial charge is 0.404 e. The molecular weight excluding hydrogens is 477 g/mol. The Kier molecular flexibility index (Phi) is 6.93. The molecule has 2 heterocycles. The number of benzene rings is 1. The predicted octanol–water partition coefficient (Wildman–Crippen LogP) is 4.69. The molecule has 6 rings (SSSR count). The number of anilines is 1. The molecule has 3 saturated carbocycles. The van der Waals surface area contributed by atoms with Gasteiger partial charge in [0.2, 0.25) is 5.91 Å². The fourth-order valence-corrected chi connectivity index (χ4v) is 7.22. The molecule has 5 fully saturated rings. The lowest BCUT2D eigenvalue weighted by Crippen LogP contribution is -2.65. The van der Waals surface area contributed by atoms with Crippen molar-refractivity contribution in [3.05, 3.63) is 29.8 Å². The van der Waals surface area contributed by atoms with Crippen molar-refractivity contribution in [3.63, 3.8) is 0 Å². The lowest BCUT2D eigenvalue weighted by molar-refractivity contribution is -0.199. The summed E-state index contributed by atoms with van der Waals surface area (Å²) in [5.41, 5.74) is 0.119. The minimum Gasteiger partial charge on any atom is -0.404 e. The van der Waals surface area contributed by atoms with Gasteiger partial charge in [-0.05, 0) is 67.9 Å². The van der Waals surface area contributed by atoms with E-state index >= 15 is 0 Å². The third kappa shape index (κ3) is 4.71. The van der Waals surface area contributed by atoms with E-state index in [1.807, 2.05) is 0 Å². The predicted molar refractivity (Wildman–Crippen MR) is 138 cm³/mol. The van der Waals surface area contributed by atoms with E-state index in [9.17, 15) is 18.4 Å². The van der Waals surface area contributed by atoms with Gasteiger partial charge >= 0.3 is 7.12 Å². The molecule has 1 aromatic rings. The monoisotopic (exact) mass is 516 g/mol. The van der Waals surface area contributed by atoms with E-state index < -0.39 is 24.8 Å². The van der Waals surface area contributed by atoms with Gasteiger partial charge in [0, 0.05) is 25.5 Å². The summed E-state index contributed by atoms with van der Waals surface area (Å²) < 4.78 is 40.5. The molecule has 0 aromatic heterocycles. The minimum absolute atomic E-state index is 0.0406. The summed E-state index contributed by atoms with van der Waals surface area (Å²) >= 11 is 0. The van der Waals surface area contributed by atoms with Gasteiger partial charge in [0.25, 0.3) is 0 Å². The van der Waals surface area contributed by atoms with Crippen LogP contribution >= 0.6 is 0 Å². The Balaban J connectivity index is 1.17. The van der Waals surface area contributed by atoms with Gasteiger partial charge < -0.3 is 19.5 Å². The minimum atomic E-state index is -0.682. The van der Waals surface area contributed by atoms with Crippen LogP contribution in [0.4, 0.5) is 14.5 Å². The van der Waals surface area contributed by atoms with Crippen LogP contribution in [0.5, 0.6) is 0 Å². The Hall–Kier alpha value is -2.00. The first kappa shape index (κ1) is 26.6. The molecule has 0 radical (unpaired) electrons. The third-order valence-electron chi connectivity index (χ3n) is 9.58. The largest absolute Gasteiger partial charge is 0.481 e. The highest BCUT2D eigenvalue weighted by molar-refractivity contribution is 6.47. The summed E-state index contributed by atoms with van der Waals surface area (Å²) in [6.45, 7) is 11.5. The van der Waals surface area contributed by atoms with Crippen LogP contribution in [-0.4, -0.2) is 49.0 Å². The average Bonchev–Trinajstić information content (AvgIpc) is 3.15. The van der Waals surface area contributed by atoms with Crippen LogP contribution in [-0.2, 0) is 18.9 Å². The van der Waals surface area contributed by atoms with Crippen molar-refractivity contribution < 1.29 is 27.7 Å². The van der Waals surface area contributed by atoms with Crippen LogP contribution < -0.4 is 10.2 Å². The Morgan fingerprint density at radius 3 is 2.57 bits per heavy atom. The number of hydrogen-bond donors (Lipinski definition) is 1. The molecule has 1 aromatic carbocycles. The molecular formula is C28H39BF2N2O4. The van der Waals surface area contributed by atoms with Crippen LogP contribution in [0.25, 0.3) is 0 Å². The van der Waals surface area contributed by atoms with Gasteiger partial charge in [-0.2, -0.15) is 0 Å². The Morgan fingerprint density at radius 1 is 1.19 bits per heavy atom. The van der Waals surface area contributed by atoms with E-state index in [1.165, 1.54) is 18.6 Å². The van der Waals surface area contributed by atoms with Crippen molar-refractivity contribution >= 4 is 24.5 Å². The molecule has 202 valence electrons. The standard InChI is InChI=1S/C28H39BF2N2O4/c1-16(2)12-25(29-36-24-14-17-13-23(27(17,3)4)28(24,5)37-29)32-26(35)9-8-22(34)21-10-11-33(21)20-7-6-18(30)15-19(20)31/h6-7,15-17,21,23-25H,8-14H2,1-5H3,(H,32,35)/t17-,21?,23-,24?,25-,28-/m0/s1. The number of nitrogens with one attached hydrogen (secondary N) is 1. The second-order valence-corrected chi connectivity index (χ2v) is 12.7. The van der Waals surface area contributed by atoms with E-state index in [1.54, 1.807) is 4.90 Å². The highest BCUT2D eigenvalue weighted by Gasteiger charge is 2.68. The van der Waals surface area contributed by atoms with Crippen molar-refractivity contribution in [1.29, 1.82) is 0 Å². The van der Waals surface area contributed by atoms with Gasteiger partial charge in [-0.25, -0.2) is 8.78 Å². The number of Topliss-reactive ketones (excluding diaryl/α,β-unsaturated/α-hetero) is 1. The maximum atomic E-state index is 14.2. The molecule has 2 aliphatic heterocycles. The lowest BCUT2D eigenvalue weighted by Gasteiger charge is -2.64. The summed E-state index contributed by atoms with van der Waals surface area (Å²) in [5.74, 6) is -0.531. The molecule has 9 heteroatoms. The zero-order valence-electron chi connectivity index (χ0n) is 22.6. The van der Waals surface area contributed by atoms with Gasteiger partial charge in [-0.3, -0.25) is 9.59 Å². The SMILES string of the molecule is CC(C)C[C@H](NC(=O)CCC(=O)C1CCN1c1ccc(F)cc1F)B1OC2C[C@@H]3C[C@@H](C3(C)C)[C@]2(C)O1. The molecule has 2 bridgehead atoms. The van der Waals surface area contributed by atoms with E-state index in [0.29, 0.717) is 37.1 Å². The summed E-state index contributed by atoms with van der Waals surface area (Å²) in [5, 5.41) is 3.10. The number of carbonyl (C=O) groups is 2. The van der Waals surface area contributed by atoms with Crippen molar-refractivity contribution in [2.75, 3.05) is 11.4 Å². The molecule has 2 saturated heterocycles. The second kappa shape index (κ2) is 9.63. The van der Waals surface area contributed by atoms with E-state index in [-0.39, 0.29) is 53.3 Å². The lowest BCUT2D eigenvalue weighted by atomic mass is 9.43. The topological polar surface area (TPSA) is 67.9 Å². The quantitative estimate of drug-likeness (QED) is 0.483. The van der Waals surface area contributed by atoms with Gasteiger partial charge in [-0.15, -0.1) is 0 Å². The van der Waals surface area contributed by atoms with Crippen LogP contribution in [0.1, 0.15) is 73.1 Å². The normalized spacial score (nSPS) is 32.4. The maximum Gasteiger partial charge on any atom is 0.481 e. The highest BCUT2D eigenvalue weighted by Crippen LogP contribution is 2.65. The number of hydrogen-bond acceptors (Lipinski definition) is 5. The molecule has 37 heavy (non-hydrogen) atoms.